The third kappa shape index (κ3) is 19.1. The van der Waals surface area contributed by atoms with Gasteiger partial charge in [-0.15, -0.1) is 0 Å². The van der Waals surface area contributed by atoms with Gasteiger partial charge in [0.05, 0.1) is 0 Å². The normalized spacial score (nSPS) is 15.5. The molecule has 0 aromatic heterocycles. The van der Waals surface area contributed by atoms with Gasteiger partial charge in [0.2, 0.25) is 0 Å². The third-order valence-corrected chi connectivity index (χ3v) is 8.59. The van der Waals surface area contributed by atoms with Crippen LogP contribution in [0.25, 0.3) is 0 Å². The largest absolute Gasteiger partial charge is 0.356 e. The van der Waals surface area contributed by atoms with Crippen LogP contribution in [0.2, 0.25) is 0 Å². The molecule has 0 aliphatic carbocycles. The summed E-state index contributed by atoms with van der Waals surface area (Å²) < 4.78 is 0. The highest BCUT2D eigenvalue weighted by atomic mass is 15.4. The second kappa shape index (κ2) is 25.6. The first-order valence-corrected chi connectivity index (χ1v) is 17.4. The van der Waals surface area contributed by atoms with E-state index in [1.807, 2.05) is 0 Å². The van der Waals surface area contributed by atoms with E-state index < -0.39 is 0 Å². The average Bonchev–Trinajstić information content (AvgIpc) is 3.30. The molecule has 0 saturated heterocycles. The minimum Gasteiger partial charge on any atom is -0.356 e. The van der Waals surface area contributed by atoms with Crippen LogP contribution in [0.5, 0.6) is 0 Å². The molecule has 1 atom stereocenters. The Morgan fingerprint density at radius 2 is 0.811 bits per heavy atom. The van der Waals surface area contributed by atoms with Crippen molar-refractivity contribution in [2.75, 3.05) is 6.54 Å². The summed E-state index contributed by atoms with van der Waals surface area (Å²) in [6.07, 6.45) is 42.7. The molecule has 2 heteroatoms. The van der Waals surface area contributed by atoms with E-state index in [1.165, 1.54) is 173 Å². The van der Waals surface area contributed by atoms with Gasteiger partial charge in [0.15, 0.2) is 0 Å². The van der Waals surface area contributed by atoms with Gasteiger partial charge in [-0.1, -0.05) is 162 Å². The summed E-state index contributed by atoms with van der Waals surface area (Å²) >= 11 is 0. The van der Waals surface area contributed by atoms with Crippen molar-refractivity contribution in [3.05, 3.63) is 12.4 Å². The van der Waals surface area contributed by atoms with Crippen LogP contribution in [0.1, 0.15) is 195 Å². The second-order valence-electron chi connectivity index (χ2n) is 12.5. The Labute approximate surface area is 235 Å². The lowest BCUT2D eigenvalue weighted by molar-refractivity contribution is 0.114. The summed E-state index contributed by atoms with van der Waals surface area (Å²) in [5.74, 6) is 0. The standard InChI is InChI=1S/C35H70N2/c1-5-7-9-11-13-15-17-18-19-20-21-23-25-27-29-31-36-32-33-37(34(3)4)35(36)30-28-26-24-22-16-14-12-10-8-6-2/h32-35H,5-31H2,1-4H3. The highest BCUT2D eigenvalue weighted by Crippen LogP contribution is 2.25. The Bertz CT molecular complexity index is 486. The van der Waals surface area contributed by atoms with E-state index in [1.54, 1.807) is 0 Å². The maximum atomic E-state index is 2.66. The van der Waals surface area contributed by atoms with Crippen LogP contribution in [0.4, 0.5) is 0 Å². The predicted molar refractivity (Wildman–Crippen MR) is 168 cm³/mol. The smallest absolute Gasteiger partial charge is 0.101 e. The highest BCUT2D eigenvalue weighted by Gasteiger charge is 2.26. The molecule has 1 aliphatic heterocycles. The van der Waals surface area contributed by atoms with E-state index >= 15 is 0 Å². The van der Waals surface area contributed by atoms with Crippen molar-refractivity contribution in [1.29, 1.82) is 0 Å². The maximum Gasteiger partial charge on any atom is 0.101 e. The molecule has 0 fully saturated rings. The topological polar surface area (TPSA) is 6.48 Å². The minimum absolute atomic E-state index is 0.607. The van der Waals surface area contributed by atoms with E-state index in [2.05, 4.69) is 49.9 Å². The van der Waals surface area contributed by atoms with Gasteiger partial charge in [0.25, 0.3) is 0 Å². The summed E-state index contributed by atoms with van der Waals surface area (Å²) in [5.41, 5.74) is 0. The summed E-state index contributed by atoms with van der Waals surface area (Å²) in [7, 11) is 0. The van der Waals surface area contributed by atoms with Gasteiger partial charge in [-0.3, -0.25) is 0 Å². The molecule has 37 heavy (non-hydrogen) atoms. The molecule has 1 rings (SSSR count). The molecule has 0 saturated carbocycles. The molecule has 0 aromatic rings. The van der Waals surface area contributed by atoms with Crippen molar-refractivity contribution in [2.24, 2.45) is 0 Å². The molecular formula is C35H70N2. The molecule has 1 unspecified atom stereocenters. The third-order valence-electron chi connectivity index (χ3n) is 8.59. The molecule has 0 aromatic carbocycles. The van der Waals surface area contributed by atoms with Crippen molar-refractivity contribution < 1.29 is 0 Å². The van der Waals surface area contributed by atoms with Crippen molar-refractivity contribution >= 4 is 0 Å². The lowest BCUT2D eigenvalue weighted by atomic mass is 10.0. The first kappa shape index (κ1) is 34.4. The maximum absolute atomic E-state index is 2.66. The predicted octanol–water partition coefficient (Wildman–Crippen LogP) is 12.0. The lowest BCUT2D eigenvalue weighted by Gasteiger charge is -2.35. The molecular weight excluding hydrogens is 448 g/mol. The first-order valence-electron chi connectivity index (χ1n) is 17.4. The van der Waals surface area contributed by atoms with Crippen LogP contribution in [0.3, 0.4) is 0 Å². The molecule has 0 spiro atoms. The molecule has 1 heterocycles. The Hall–Kier alpha value is -0.660. The quantitative estimate of drug-likeness (QED) is 0.0950. The first-order chi connectivity index (χ1) is 18.2. The zero-order chi connectivity index (χ0) is 26.8. The summed E-state index contributed by atoms with van der Waals surface area (Å²) in [5, 5.41) is 0. The Kier molecular flexibility index (Phi) is 23.8. The Balaban J connectivity index is 2.01. The number of rotatable bonds is 28. The van der Waals surface area contributed by atoms with Crippen LogP contribution in [0.15, 0.2) is 12.4 Å². The lowest BCUT2D eigenvalue weighted by Crippen LogP contribution is -2.42. The van der Waals surface area contributed by atoms with Crippen LogP contribution in [-0.4, -0.2) is 28.6 Å². The zero-order valence-electron chi connectivity index (χ0n) is 26.3. The number of nitrogens with zero attached hydrogens (tertiary/aromatic N) is 2. The van der Waals surface area contributed by atoms with Gasteiger partial charge in [-0.2, -0.15) is 0 Å². The van der Waals surface area contributed by atoms with Crippen molar-refractivity contribution in [3.63, 3.8) is 0 Å². The minimum atomic E-state index is 0.607. The molecule has 220 valence electrons. The monoisotopic (exact) mass is 519 g/mol. The summed E-state index contributed by atoms with van der Waals surface area (Å²) in [6.45, 7) is 10.6. The van der Waals surface area contributed by atoms with Gasteiger partial charge in [0.1, 0.15) is 6.17 Å². The van der Waals surface area contributed by atoms with Gasteiger partial charge in [0, 0.05) is 25.0 Å². The fourth-order valence-corrected chi connectivity index (χ4v) is 6.07. The summed E-state index contributed by atoms with van der Waals surface area (Å²) in [6, 6.07) is 0.607. The van der Waals surface area contributed by atoms with Crippen molar-refractivity contribution in [1.82, 2.24) is 9.80 Å². The summed E-state index contributed by atoms with van der Waals surface area (Å²) in [4.78, 5) is 5.27. The average molecular weight is 519 g/mol. The van der Waals surface area contributed by atoms with Crippen LogP contribution in [-0.2, 0) is 0 Å². The number of hydrogen-bond donors (Lipinski definition) is 0. The SMILES string of the molecule is CCCCCCCCCCCCCCCCCN1C=CN(C(C)C)C1CCCCCCCCCCCC. The Morgan fingerprint density at radius 3 is 1.19 bits per heavy atom. The van der Waals surface area contributed by atoms with Gasteiger partial charge in [-0.25, -0.2) is 0 Å². The van der Waals surface area contributed by atoms with Crippen LogP contribution < -0.4 is 0 Å². The molecule has 0 bridgehead atoms. The second-order valence-corrected chi connectivity index (χ2v) is 12.5. The fourth-order valence-electron chi connectivity index (χ4n) is 6.07. The Morgan fingerprint density at radius 1 is 0.459 bits per heavy atom. The number of hydrogen-bond acceptors (Lipinski definition) is 2. The van der Waals surface area contributed by atoms with E-state index in [0.29, 0.717) is 12.2 Å². The number of unbranched alkanes of at least 4 members (excludes halogenated alkanes) is 23. The highest BCUT2D eigenvalue weighted by molar-refractivity contribution is 4.98. The molecule has 0 N–H and O–H groups in total. The molecule has 1 aliphatic rings. The molecule has 0 radical (unpaired) electrons. The fraction of sp³-hybridized carbons (Fsp3) is 0.943. The van der Waals surface area contributed by atoms with Crippen LogP contribution >= 0.6 is 0 Å². The van der Waals surface area contributed by atoms with Crippen LogP contribution in [0, 0.1) is 0 Å². The molecule has 2 nitrogen and oxygen atoms in total. The van der Waals surface area contributed by atoms with E-state index in [-0.39, 0.29) is 0 Å². The van der Waals surface area contributed by atoms with Gasteiger partial charge >= 0.3 is 0 Å². The van der Waals surface area contributed by atoms with Gasteiger partial charge < -0.3 is 9.80 Å². The van der Waals surface area contributed by atoms with Crippen molar-refractivity contribution in [3.8, 4) is 0 Å². The molecule has 0 amide bonds. The van der Waals surface area contributed by atoms with E-state index in [0.717, 1.165) is 0 Å². The van der Waals surface area contributed by atoms with E-state index in [4.69, 9.17) is 0 Å². The van der Waals surface area contributed by atoms with E-state index in [9.17, 15) is 0 Å². The zero-order valence-corrected chi connectivity index (χ0v) is 26.3. The van der Waals surface area contributed by atoms with Crippen molar-refractivity contribution in [2.45, 2.75) is 207 Å². The van der Waals surface area contributed by atoms with Gasteiger partial charge in [-0.05, 0) is 33.1 Å².